The first-order valence-corrected chi connectivity index (χ1v) is 12.5. The van der Waals surface area contributed by atoms with Gasteiger partial charge in [-0.05, 0) is 50.3 Å². The molecule has 0 aliphatic heterocycles. The van der Waals surface area contributed by atoms with Crippen LogP contribution in [0.25, 0.3) is 21.6 Å². The molecule has 0 spiro atoms. The van der Waals surface area contributed by atoms with Gasteiger partial charge >= 0.3 is 5.97 Å². The number of amides is 1. The molecule has 0 atom stereocenters. The van der Waals surface area contributed by atoms with Crippen LogP contribution < -0.4 is 10.9 Å². The number of nitrogens with zero attached hydrogens (tertiary/aromatic N) is 2. The van der Waals surface area contributed by atoms with E-state index in [1.165, 1.54) is 9.44 Å². The van der Waals surface area contributed by atoms with Crippen molar-refractivity contribution in [3.63, 3.8) is 0 Å². The number of benzene rings is 2. The predicted octanol–water partition coefficient (Wildman–Crippen LogP) is 4.82. The Morgan fingerprint density at radius 2 is 1.80 bits per heavy atom. The topological polar surface area (TPSA) is 90.3 Å². The number of rotatable bonds is 6. The van der Waals surface area contributed by atoms with Crippen LogP contribution in [0.2, 0.25) is 0 Å². The Hall–Kier alpha value is -3.78. The number of aryl methyl sites for hydroxylation is 2. The first-order chi connectivity index (χ1) is 17.1. The van der Waals surface area contributed by atoms with Crippen molar-refractivity contribution in [3.8, 4) is 11.4 Å². The number of para-hydroxylation sites is 1. The van der Waals surface area contributed by atoms with Gasteiger partial charge in [-0.3, -0.25) is 14.2 Å². The lowest BCUT2D eigenvalue weighted by molar-refractivity contribution is -0.116. The van der Waals surface area contributed by atoms with Crippen LogP contribution in [0.4, 0.5) is 5.69 Å². The minimum Gasteiger partial charge on any atom is -0.462 e. The van der Waals surface area contributed by atoms with Gasteiger partial charge in [-0.1, -0.05) is 42.5 Å². The number of aromatic nitrogens is 2. The zero-order valence-corrected chi connectivity index (χ0v) is 20.2. The second-order valence-corrected chi connectivity index (χ2v) is 9.48. The largest absolute Gasteiger partial charge is 0.462 e. The van der Waals surface area contributed by atoms with E-state index in [2.05, 4.69) is 5.32 Å². The van der Waals surface area contributed by atoms with Crippen LogP contribution in [0.5, 0.6) is 0 Å². The van der Waals surface area contributed by atoms with Gasteiger partial charge in [0.1, 0.15) is 17.2 Å². The second kappa shape index (κ2) is 9.84. The number of hydrogen-bond acceptors (Lipinski definition) is 6. The molecular weight excluding hydrogens is 462 g/mol. The van der Waals surface area contributed by atoms with Gasteiger partial charge in [-0.15, -0.1) is 11.3 Å². The van der Waals surface area contributed by atoms with Crippen LogP contribution in [0.15, 0.2) is 59.4 Å². The minimum absolute atomic E-state index is 0.206. The molecule has 1 aliphatic carbocycles. The van der Waals surface area contributed by atoms with E-state index in [0.29, 0.717) is 16.9 Å². The van der Waals surface area contributed by atoms with Gasteiger partial charge < -0.3 is 10.1 Å². The number of anilines is 1. The van der Waals surface area contributed by atoms with E-state index in [4.69, 9.17) is 9.72 Å². The third-order valence-electron chi connectivity index (χ3n) is 6.11. The smallest absolute Gasteiger partial charge is 0.340 e. The molecule has 35 heavy (non-hydrogen) atoms. The summed E-state index contributed by atoms with van der Waals surface area (Å²) in [5.41, 5.74) is 2.24. The number of ether oxygens (including phenoxy) is 1. The van der Waals surface area contributed by atoms with E-state index >= 15 is 0 Å². The van der Waals surface area contributed by atoms with E-state index in [1.54, 1.807) is 42.5 Å². The summed E-state index contributed by atoms with van der Waals surface area (Å²) in [6.07, 6.45) is 3.98. The van der Waals surface area contributed by atoms with Crippen molar-refractivity contribution in [3.05, 3.63) is 81.0 Å². The summed E-state index contributed by atoms with van der Waals surface area (Å²) in [5, 5.41) is 3.41. The van der Waals surface area contributed by atoms with Gasteiger partial charge in [-0.2, -0.15) is 0 Å². The Bertz CT molecular complexity index is 1470. The SMILES string of the molecule is CCOC(=O)c1ccccc1NC(=O)Cn1c(-c2ccccc2)nc2sc3c(c2c1=O)CCCC3. The first-order valence-electron chi connectivity index (χ1n) is 11.7. The standard InChI is InChI=1S/C27H25N3O4S/c1-2-34-27(33)18-12-6-8-14-20(18)28-22(31)16-30-24(17-10-4-3-5-11-17)29-25-23(26(30)32)19-13-7-9-15-21(19)35-25/h3-6,8,10-12,14H,2,7,9,13,15-16H2,1H3,(H,28,31). The van der Waals surface area contributed by atoms with E-state index in [-0.39, 0.29) is 24.3 Å². The zero-order chi connectivity index (χ0) is 24.4. The maximum Gasteiger partial charge on any atom is 0.340 e. The minimum atomic E-state index is -0.515. The molecule has 7 nitrogen and oxygen atoms in total. The van der Waals surface area contributed by atoms with Crippen LogP contribution in [-0.2, 0) is 28.9 Å². The number of carbonyl (C=O) groups excluding carboxylic acids is 2. The molecule has 4 aromatic rings. The number of carbonyl (C=O) groups is 2. The van der Waals surface area contributed by atoms with Crippen molar-refractivity contribution in [2.75, 3.05) is 11.9 Å². The number of esters is 1. The Balaban J connectivity index is 1.56. The van der Waals surface area contributed by atoms with E-state index in [9.17, 15) is 14.4 Å². The summed E-state index contributed by atoms with van der Waals surface area (Å²) in [5.74, 6) is -0.486. The fraction of sp³-hybridized carbons (Fsp3) is 0.259. The van der Waals surface area contributed by atoms with E-state index in [1.807, 2.05) is 30.3 Å². The molecule has 1 N–H and O–H groups in total. The Morgan fingerprint density at radius 1 is 1.06 bits per heavy atom. The Morgan fingerprint density at radius 3 is 2.60 bits per heavy atom. The third kappa shape index (κ3) is 4.49. The molecule has 2 aromatic carbocycles. The molecule has 0 bridgehead atoms. The van der Waals surface area contributed by atoms with Crippen molar-refractivity contribution in [1.29, 1.82) is 0 Å². The van der Waals surface area contributed by atoms with E-state index in [0.717, 1.165) is 41.6 Å². The zero-order valence-electron chi connectivity index (χ0n) is 19.4. The summed E-state index contributed by atoms with van der Waals surface area (Å²) in [6, 6.07) is 16.1. The molecule has 1 amide bonds. The lowest BCUT2D eigenvalue weighted by Crippen LogP contribution is -2.30. The van der Waals surface area contributed by atoms with Crippen molar-refractivity contribution in [2.24, 2.45) is 0 Å². The van der Waals surface area contributed by atoms with Crippen molar-refractivity contribution in [1.82, 2.24) is 9.55 Å². The molecule has 0 saturated carbocycles. The summed E-state index contributed by atoms with van der Waals surface area (Å²) in [4.78, 5) is 46.1. The summed E-state index contributed by atoms with van der Waals surface area (Å²) < 4.78 is 6.55. The number of thiophene rings is 1. The molecule has 178 valence electrons. The highest BCUT2D eigenvalue weighted by atomic mass is 32.1. The molecule has 0 radical (unpaired) electrons. The van der Waals surface area contributed by atoms with Gasteiger partial charge in [0.15, 0.2) is 0 Å². The molecule has 2 aromatic heterocycles. The molecule has 8 heteroatoms. The number of hydrogen-bond donors (Lipinski definition) is 1. The molecular formula is C27H25N3O4S. The fourth-order valence-electron chi connectivity index (χ4n) is 4.51. The van der Waals surface area contributed by atoms with Crippen LogP contribution in [-0.4, -0.2) is 28.0 Å². The number of nitrogens with one attached hydrogen (secondary N) is 1. The molecule has 0 fully saturated rings. The summed E-state index contributed by atoms with van der Waals surface area (Å²) in [6.45, 7) is 1.73. The average Bonchev–Trinajstić information content (AvgIpc) is 3.25. The fourth-order valence-corrected chi connectivity index (χ4v) is 5.76. The van der Waals surface area contributed by atoms with Crippen molar-refractivity contribution >= 4 is 39.1 Å². The van der Waals surface area contributed by atoms with Crippen LogP contribution in [0, 0.1) is 0 Å². The molecule has 2 heterocycles. The highest BCUT2D eigenvalue weighted by molar-refractivity contribution is 7.18. The lowest BCUT2D eigenvalue weighted by Gasteiger charge is -2.15. The van der Waals surface area contributed by atoms with Crippen LogP contribution in [0.1, 0.15) is 40.6 Å². The maximum absolute atomic E-state index is 13.8. The average molecular weight is 488 g/mol. The Kier molecular flexibility index (Phi) is 6.46. The predicted molar refractivity (Wildman–Crippen MR) is 137 cm³/mol. The van der Waals surface area contributed by atoms with Crippen LogP contribution in [0.3, 0.4) is 0 Å². The van der Waals surface area contributed by atoms with Gasteiger partial charge in [0.05, 0.1) is 23.2 Å². The molecule has 5 rings (SSSR count). The first kappa shape index (κ1) is 23.0. The van der Waals surface area contributed by atoms with Crippen molar-refractivity contribution in [2.45, 2.75) is 39.2 Å². The Labute approximate surface area is 206 Å². The third-order valence-corrected chi connectivity index (χ3v) is 7.29. The highest BCUT2D eigenvalue weighted by Gasteiger charge is 2.24. The molecule has 0 saturated heterocycles. The molecule has 1 aliphatic rings. The lowest BCUT2D eigenvalue weighted by atomic mass is 9.97. The van der Waals surface area contributed by atoms with Gasteiger partial charge in [-0.25, -0.2) is 9.78 Å². The van der Waals surface area contributed by atoms with E-state index < -0.39 is 11.9 Å². The van der Waals surface area contributed by atoms with Gasteiger partial charge in [0.25, 0.3) is 5.56 Å². The maximum atomic E-state index is 13.8. The second-order valence-electron chi connectivity index (χ2n) is 8.40. The molecule has 0 unspecified atom stereocenters. The normalized spacial score (nSPS) is 12.8. The summed E-state index contributed by atoms with van der Waals surface area (Å²) in [7, 11) is 0. The van der Waals surface area contributed by atoms with Gasteiger partial charge in [0, 0.05) is 10.4 Å². The number of fused-ring (bicyclic) bond motifs is 3. The quantitative estimate of drug-likeness (QED) is 0.394. The van der Waals surface area contributed by atoms with Gasteiger partial charge in [0.2, 0.25) is 5.91 Å². The van der Waals surface area contributed by atoms with Crippen molar-refractivity contribution < 1.29 is 14.3 Å². The summed E-state index contributed by atoms with van der Waals surface area (Å²) >= 11 is 1.59. The van der Waals surface area contributed by atoms with Crippen LogP contribution >= 0.6 is 11.3 Å². The monoisotopic (exact) mass is 487 g/mol. The highest BCUT2D eigenvalue weighted by Crippen LogP contribution is 2.34.